The van der Waals surface area contributed by atoms with Crippen molar-refractivity contribution >= 4 is 6.21 Å². The van der Waals surface area contributed by atoms with E-state index in [0.29, 0.717) is 11.9 Å². The Labute approximate surface area is 137 Å². The first-order valence-electron chi connectivity index (χ1n) is 8.57. The summed E-state index contributed by atoms with van der Waals surface area (Å²) < 4.78 is 0. The third-order valence-corrected chi connectivity index (χ3v) is 3.69. The van der Waals surface area contributed by atoms with E-state index in [4.69, 9.17) is 5.73 Å². The lowest BCUT2D eigenvalue weighted by atomic mass is 10.1. The van der Waals surface area contributed by atoms with Crippen molar-refractivity contribution in [1.29, 1.82) is 0 Å². The van der Waals surface area contributed by atoms with Crippen molar-refractivity contribution in [3.63, 3.8) is 0 Å². The Kier molecular flexibility index (Phi) is 11.2. The van der Waals surface area contributed by atoms with Gasteiger partial charge in [0.25, 0.3) is 0 Å². The third-order valence-electron chi connectivity index (χ3n) is 3.69. The van der Waals surface area contributed by atoms with Gasteiger partial charge in [0, 0.05) is 12.3 Å². The van der Waals surface area contributed by atoms with Crippen LogP contribution in [0, 0.1) is 0 Å². The predicted octanol–water partition coefficient (Wildman–Crippen LogP) is 5.37. The summed E-state index contributed by atoms with van der Waals surface area (Å²) in [5.41, 5.74) is 7.34. The molecule has 0 aliphatic carbocycles. The normalized spacial score (nSPS) is 14.4. The van der Waals surface area contributed by atoms with Crippen molar-refractivity contribution in [2.24, 2.45) is 10.7 Å². The quantitative estimate of drug-likeness (QED) is 0.412. The highest BCUT2D eigenvalue weighted by Crippen LogP contribution is 2.19. The van der Waals surface area contributed by atoms with Gasteiger partial charge in [-0.1, -0.05) is 51.7 Å². The number of hydrogen-bond acceptors (Lipinski definition) is 3. The van der Waals surface area contributed by atoms with E-state index in [1.165, 1.54) is 24.8 Å². The van der Waals surface area contributed by atoms with E-state index in [2.05, 4.69) is 45.3 Å². The Hall–Kier alpha value is -1.51. The molecule has 1 unspecified atom stereocenters. The van der Waals surface area contributed by atoms with Crippen LogP contribution in [0.5, 0.6) is 0 Å². The SMILES string of the molecule is C=C(N)N(C(=C\C)/N=C\C=C(/C)CCC)C(C)CCCCC. The number of nitrogens with two attached hydrogens (primary N) is 1. The van der Waals surface area contributed by atoms with Crippen molar-refractivity contribution < 1.29 is 0 Å². The number of allylic oxidation sites excluding steroid dienone is 3. The van der Waals surface area contributed by atoms with Gasteiger partial charge in [-0.15, -0.1) is 0 Å². The standard InChI is InChI=1S/C19H35N3/c1-7-10-11-13-17(5)22(18(6)20)19(9-3)21-15-14-16(4)12-8-2/h9,14-15,17H,6-8,10-13,20H2,1-5H3/b16-14+,19-9-,21-15-. The van der Waals surface area contributed by atoms with Gasteiger partial charge in [0.1, 0.15) is 5.82 Å². The Morgan fingerprint density at radius 1 is 1.27 bits per heavy atom. The molecule has 0 bridgehead atoms. The van der Waals surface area contributed by atoms with Crippen LogP contribution in [0.25, 0.3) is 0 Å². The molecular weight excluding hydrogens is 270 g/mol. The highest BCUT2D eigenvalue weighted by atomic mass is 15.3. The molecule has 126 valence electrons. The predicted molar refractivity (Wildman–Crippen MR) is 99.7 cm³/mol. The number of hydrogen-bond donors (Lipinski definition) is 1. The lowest BCUT2D eigenvalue weighted by Gasteiger charge is -2.30. The van der Waals surface area contributed by atoms with Crippen molar-refractivity contribution in [2.45, 2.75) is 79.2 Å². The zero-order valence-corrected chi connectivity index (χ0v) is 15.2. The molecule has 3 heteroatoms. The molecule has 0 aliphatic rings. The largest absolute Gasteiger partial charge is 0.386 e. The number of aliphatic imine (C=N–C) groups is 1. The molecule has 0 aromatic heterocycles. The minimum Gasteiger partial charge on any atom is -0.386 e. The summed E-state index contributed by atoms with van der Waals surface area (Å²) in [5.74, 6) is 1.43. The smallest absolute Gasteiger partial charge is 0.129 e. The number of unbranched alkanes of at least 4 members (excludes halogenated alkanes) is 2. The molecule has 0 aromatic carbocycles. The lowest BCUT2D eigenvalue weighted by Crippen LogP contribution is -2.34. The molecule has 0 amide bonds. The molecule has 0 aliphatic heterocycles. The Balaban J connectivity index is 4.92. The lowest BCUT2D eigenvalue weighted by molar-refractivity contribution is 0.304. The summed E-state index contributed by atoms with van der Waals surface area (Å²) in [6, 6.07) is 0.313. The van der Waals surface area contributed by atoms with Gasteiger partial charge in [0.15, 0.2) is 0 Å². The van der Waals surface area contributed by atoms with Gasteiger partial charge in [0.05, 0.1) is 5.82 Å². The average Bonchev–Trinajstić information content (AvgIpc) is 2.46. The van der Waals surface area contributed by atoms with Crippen LogP contribution in [0.3, 0.4) is 0 Å². The second-order valence-corrected chi connectivity index (χ2v) is 5.89. The molecule has 0 fully saturated rings. The summed E-state index contributed by atoms with van der Waals surface area (Å²) in [4.78, 5) is 6.62. The van der Waals surface area contributed by atoms with Gasteiger partial charge in [-0.2, -0.15) is 0 Å². The van der Waals surface area contributed by atoms with Gasteiger partial charge in [0.2, 0.25) is 0 Å². The first-order valence-corrected chi connectivity index (χ1v) is 8.57. The highest BCUT2D eigenvalue weighted by molar-refractivity contribution is 5.73. The van der Waals surface area contributed by atoms with Crippen LogP contribution in [-0.4, -0.2) is 17.2 Å². The fourth-order valence-corrected chi connectivity index (χ4v) is 2.47. The summed E-state index contributed by atoms with van der Waals surface area (Å²) in [7, 11) is 0. The van der Waals surface area contributed by atoms with E-state index in [1.807, 2.05) is 24.1 Å². The fraction of sp³-hybridized carbons (Fsp3) is 0.632. The van der Waals surface area contributed by atoms with E-state index >= 15 is 0 Å². The minimum absolute atomic E-state index is 0.313. The van der Waals surface area contributed by atoms with E-state index in [-0.39, 0.29) is 0 Å². The summed E-state index contributed by atoms with van der Waals surface area (Å²) >= 11 is 0. The van der Waals surface area contributed by atoms with Crippen molar-refractivity contribution in [3.8, 4) is 0 Å². The van der Waals surface area contributed by atoms with Crippen LogP contribution in [0.4, 0.5) is 0 Å². The molecule has 0 radical (unpaired) electrons. The van der Waals surface area contributed by atoms with Gasteiger partial charge in [-0.05, 0) is 45.8 Å². The molecule has 3 nitrogen and oxygen atoms in total. The van der Waals surface area contributed by atoms with E-state index < -0.39 is 0 Å². The molecule has 0 rings (SSSR count). The first-order chi connectivity index (χ1) is 10.5. The van der Waals surface area contributed by atoms with Gasteiger partial charge < -0.3 is 10.6 Å². The monoisotopic (exact) mass is 305 g/mol. The Bertz CT molecular complexity index is 405. The van der Waals surface area contributed by atoms with E-state index in [1.54, 1.807) is 0 Å². The van der Waals surface area contributed by atoms with Crippen molar-refractivity contribution in [1.82, 2.24) is 4.90 Å². The van der Waals surface area contributed by atoms with Crippen LogP contribution < -0.4 is 5.73 Å². The maximum Gasteiger partial charge on any atom is 0.129 e. The second-order valence-electron chi connectivity index (χ2n) is 5.89. The Morgan fingerprint density at radius 2 is 1.95 bits per heavy atom. The molecule has 0 saturated carbocycles. The summed E-state index contributed by atoms with van der Waals surface area (Å²) in [5, 5.41) is 0. The maximum absolute atomic E-state index is 6.00. The summed E-state index contributed by atoms with van der Waals surface area (Å²) in [6.07, 6.45) is 13.0. The fourth-order valence-electron chi connectivity index (χ4n) is 2.47. The molecular formula is C19H35N3. The van der Waals surface area contributed by atoms with Crippen LogP contribution in [0.15, 0.2) is 40.9 Å². The number of rotatable bonds is 11. The number of nitrogens with zero attached hydrogens (tertiary/aromatic N) is 2. The molecule has 0 spiro atoms. The van der Waals surface area contributed by atoms with Crippen LogP contribution in [0.1, 0.15) is 73.1 Å². The van der Waals surface area contributed by atoms with Gasteiger partial charge in [-0.3, -0.25) is 0 Å². The van der Waals surface area contributed by atoms with E-state index in [0.717, 1.165) is 25.1 Å². The second kappa shape index (κ2) is 12.1. The van der Waals surface area contributed by atoms with Gasteiger partial charge in [-0.25, -0.2) is 4.99 Å². The van der Waals surface area contributed by atoms with Crippen molar-refractivity contribution in [2.75, 3.05) is 0 Å². The van der Waals surface area contributed by atoms with Gasteiger partial charge >= 0.3 is 0 Å². The zero-order valence-electron chi connectivity index (χ0n) is 15.2. The van der Waals surface area contributed by atoms with E-state index in [9.17, 15) is 0 Å². The van der Waals surface area contributed by atoms with Crippen LogP contribution in [0.2, 0.25) is 0 Å². The molecule has 0 aromatic rings. The summed E-state index contributed by atoms with van der Waals surface area (Å²) in [6.45, 7) is 14.6. The molecule has 1 atom stereocenters. The van der Waals surface area contributed by atoms with Crippen molar-refractivity contribution in [3.05, 3.63) is 35.9 Å². The molecule has 22 heavy (non-hydrogen) atoms. The molecule has 0 heterocycles. The molecule has 2 N–H and O–H groups in total. The highest BCUT2D eigenvalue weighted by Gasteiger charge is 2.16. The average molecular weight is 306 g/mol. The third kappa shape index (κ3) is 8.06. The van der Waals surface area contributed by atoms with Crippen LogP contribution >= 0.6 is 0 Å². The topological polar surface area (TPSA) is 41.6 Å². The minimum atomic E-state index is 0.313. The molecule has 0 saturated heterocycles. The van der Waals surface area contributed by atoms with Crippen LogP contribution in [-0.2, 0) is 0 Å². The first kappa shape index (κ1) is 20.5. The Morgan fingerprint density at radius 3 is 2.45 bits per heavy atom. The zero-order chi connectivity index (χ0) is 17.0. The maximum atomic E-state index is 6.00.